The molecule has 3 nitrogen and oxygen atoms in total. The second-order valence-corrected chi connectivity index (χ2v) is 5.97. The largest absolute Gasteiger partial charge is 0.336 e. The van der Waals surface area contributed by atoms with E-state index in [1.54, 1.807) is 17.0 Å². The lowest BCUT2D eigenvalue weighted by molar-refractivity contribution is 0.0619. The van der Waals surface area contributed by atoms with Crippen molar-refractivity contribution in [3.05, 3.63) is 35.1 Å². The van der Waals surface area contributed by atoms with E-state index in [9.17, 15) is 9.18 Å². The van der Waals surface area contributed by atoms with E-state index in [0.717, 1.165) is 25.2 Å². The van der Waals surface area contributed by atoms with E-state index in [1.807, 2.05) is 6.92 Å². The van der Waals surface area contributed by atoms with Crippen molar-refractivity contribution in [3.63, 3.8) is 0 Å². The monoisotopic (exact) mass is 278 g/mol. The van der Waals surface area contributed by atoms with Gasteiger partial charge in [-0.3, -0.25) is 9.69 Å². The Morgan fingerprint density at radius 3 is 2.50 bits per heavy atom. The van der Waals surface area contributed by atoms with Crippen LogP contribution in [0, 0.1) is 18.7 Å². The van der Waals surface area contributed by atoms with Crippen LogP contribution in [0.1, 0.15) is 29.8 Å². The molecule has 0 aliphatic carbocycles. The predicted octanol–water partition coefficient (Wildman–Crippen LogP) is 2.55. The highest BCUT2D eigenvalue weighted by atomic mass is 19.1. The number of hydrogen-bond acceptors (Lipinski definition) is 2. The van der Waals surface area contributed by atoms with Crippen LogP contribution in [0.5, 0.6) is 0 Å². The van der Waals surface area contributed by atoms with Crippen molar-refractivity contribution in [1.29, 1.82) is 0 Å². The number of carbonyl (C=O) groups excluding carboxylic acids is 1. The van der Waals surface area contributed by atoms with Crippen LogP contribution in [0.4, 0.5) is 4.39 Å². The summed E-state index contributed by atoms with van der Waals surface area (Å²) in [5, 5.41) is 0. The minimum atomic E-state index is -0.426. The highest BCUT2D eigenvalue weighted by Gasteiger charge is 2.24. The molecule has 1 aliphatic heterocycles. The van der Waals surface area contributed by atoms with Crippen LogP contribution in [0.15, 0.2) is 18.2 Å². The van der Waals surface area contributed by atoms with Crippen molar-refractivity contribution in [2.75, 3.05) is 32.7 Å². The number of halogens is 1. The number of aryl methyl sites for hydroxylation is 1. The van der Waals surface area contributed by atoms with Crippen molar-refractivity contribution >= 4 is 5.91 Å². The van der Waals surface area contributed by atoms with Crippen molar-refractivity contribution in [2.45, 2.75) is 20.8 Å². The molecule has 1 aromatic rings. The molecule has 2 rings (SSSR count). The molecule has 1 aliphatic rings. The topological polar surface area (TPSA) is 23.6 Å². The molecule has 1 heterocycles. The summed E-state index contributed by atoms with van der Waals surface area (Å²) in [6.45, 7) is 10.4. The number of hydrogen-bond donors (Lipinski definition) is 0. The SMILES string of the molecule is Cc1ccc(F)c(C(=O)N2CCN(CC(C)C)CC2)c1. The molecular formula is C16H23FN2O. The van der Waals surface area contributed by atoms with E-state index >= 15 is 0 Å². The molecule has 0 atom stereocenters. The first-order chi connectivity index (χ1) is 9.47. The number of benzene rings is 1. The van der Waals surface area contributed by atoms with Crippen LogP contribution in [-0.2, 0) is 0 Å². The lowest BCUT2D eigenvalue weighted by atomic mass is 10.1. The fourth-order valence-electron chi connectivity index (χ4n) is 2.62. The van der Waals surface area contributed by atoms with Gasteiger partial charge in [0.2, 0.25) is 0 Å². The summed E-state index contributed by atoms with van der Waals surface area (Å²) in [6.07, 6.45) is 0. The van der Waals surface area contributed by atoms with Gasteiger partial charge < -0.3 is 4.90 Å². The zero-order chi connectivity index (χ0) is 14.7. The second-order valence-electron chi connectivity index (χ2n) is 5.97. The number of amides is 1. The van der Waals surface area contributed by atoms with Gasteiger partial charge in [0.05, 0.1) is 5.56 Å². The van der Waals surface area contributed by atoms with Crippen molar-refractivity contribution in [3.8, 4) is 0 Å². The molecule has 1 aromatic carbocycles. The second kappa shape index (κ2) is 6.35. The lowest BCUT2D eigenvalue weighted by Gasteiger charge is -2.35. The van der Waals surface area contributed by atoms with Crippen LogP contribution >= 0.6 is 0 Å². The Balaban J connectivity index is 2.00. The van der Waals surface area contributed by atoms with Gasteiger partial charge in [0.25, 0.3) is 5.91 Å². The third-order valence-corrected chi connectivity index (χ3v) is 3.64. The molecule has 20 heavy (non-hydrogen) atoms. The van der Waals surface area contributed by atoms with Gasteiger partial charge in [-0.25, -0.2) is 4.39 Å². The Kier molecular flexibility index (Phi) is 4.76. The third-order valence-electron chi connectivity index (χ3n) is 3.64. The van der Waals surface area contributed by atoms with E-state index in [1.165, 1.54) is 6.07 Å². The summed E-state index contributed by atoms with van der Waals surface area (Å²) in [5.41, 5.74) is 1.11. The van der Waals surface area contributed by atoms with Crippen LogP contribution in [0.2, 0.25) is 0 Å². The van der Waals surface area contributed by atoms with E-state index < -0.39 is 5.82 Å². The molecule has 0 saturated carbocycles. The summed E-state index contributed by atoms with van der Waals surface area (Å²) >= 11 is 0. The van der Waals surface area contributed by atoms with Gasteiger partial charge >= 0.3 is 0 Å². The zero-order valence-corrected chi connectivity index (χ0v) is 12.5. The smallest absolute Gasteiger partial charge is 0.256 e. The average molecular weight is 278 g/mol. The van der Waals surface area contributed by atoms with Gasteiger partial charge in [0.1, 0.15) is 5.82 Å². The van der Waals surface area contributed by atoms with Gasteiger partial charge in [-0.15, -0.1) is 0 Å². The number of piperazine rings is 1. The van der Waals surface area contributed by atoms with Crippen LogP contribution in [-0.4, -0.2) is 48.4 Å². The quantitative estimate of drug-likeness (QED) is 0.848. The molecule has 1 amide bonds. The Bertz CT molecular complexity index is 479. The Hall–Kier alpha value is -1.42. The van der Waals surface area contributed by atoms with Gasteiger partial charge in [-0.05, 0) is 25.0 Å². The molecule has 0 unspecified atom stereocenters. The predicted molar refractivity (Wildman–Crippen MR) is 78.3 cm³/mol. The van der Waals surface area contributed by atoms with Crippen LogP contribution < -0.4 is 0 Å². The van der Waals surface area contributed by atoms with E-state index in [2.05, 4.69) is 18.7 Å². The minimum absolute atomic E-state index is 0.185. The normalized spacial score (nSPS) is 16.8. The number of nitrogens with zero attached hydrogens (tertiary/aromatic N) is 2. The molecule has 0 spiro atoms. The molecule has 0 radical (unpaired) electrons. The summed E-state index contributed by atoms with van der Waals surface area (Å²) in [7, 11) is 0. The van der Waals surface area contributed by atoms with Crippen LogP contribution in [0.25, 0.3) is 0 Å². The van der Waals surface area contributed by atoms with Gasteiger partial charge in [0.15, 0.2) is 0 Å². The van der Waals surface area contributed by atoms with Gasteiger partial charge in [-0.2, -0.15) is 0 Å². The zero-order valence-electron chi connectivity index (χ0n) is 12.5. The maximum atomic E-state index is 13.8. The molecule has 0 aromatic heterocycles. The number of rotatable bonds is 3. The fourth-order valence-corrected chi connectivity index (χ4v) is 2.62. The standard InChI is InChI=1S/C16H23FN2O/c1-12(2)11-18-6-8-19(9-7-18)16(20)14-10-13(3)4-5-15(14)17/h4-5,10,12H,6-9,11H2,1-3H3. The van der Waals surface area contributed by atoms with Crippen molar-refractivity contribution in [2.24, 2.45) is 5.92 Å². The van der Waals surface area contributed by atoms with E-state index in [-0.39, 0.29) is 11.5 Å². The molecule has 110 valence electrons. The van der Waals surface area contributed by atoms with E-state index in [4.69, 9.17) is 0 Å². The molecular weight excluding hydrogens is 255 g/mol. The first-order valence-corrected chi connectivity index (χ1v) is 7.25. The van der Waals surface area contributed by atoms with Gasteiger partial charge in [0, 0.05) is 32.7 Å². The Labute approximate surface area is 120 Å². The number of carbonyl (C=O) groups is 1. The molecule has 0 bridgehead atoms. The average Bonchev–Trinajstić information content (AvgIpc) is 2.41. The first-order valence-electron chi connectivity index (χ1n) is 7.25. The lowest BCUT2D eigenvalue weighted by Crippen LogP contribution is -2.49. The van der Waals surface area contributed by atoms with Crippen LogP contribution in [0.3, 0.4) is 0 Å². The fraction of sp³-hybridized carbons (Fsp3) is 0.562. The highest BCUT2D eigenvalue weighted by Crippen LogP contribution is 2.15. The summed E-state index contributed by atoms with van der Waals surface area (Å²) in [5.74, 6) is 0.0204. The van der Waals surface area contributed by atoms with Crippen molar-refractivity contribution < 1.29 is 9.18 Å². The first kappa shape index (κ1) is 15.0. The molecule has 0 N–H and O–H groups in total. The summed E-state index contributed by atoms with van der Waals surface area (Å²) in [6, 6.07) is 4.70. The maximum absolute atomic E-state index is 13.8. The molecule has 4 heteroatoms. The van der Waals surface area contributed by atoms with Crippen molar-refractivity contribution in [1.82, 2.24) is 9.80 Å². The Morgan fingerprint density at radius 2 is 1.90 bits per heavy atom. The minimum Gasteiger partial charge on any atom is -0.336 e. The molecule has 1 saturated heterocycles. The third kappa shape index (κ3) is 3.57. The molecule has 1 fully saturated rings. The highest BCUT2D eigenvalue weighted by molar-refractivity contribution is 5.94. The summed E-state index contributed by atoms with van der Waals surface area (Å²) in [4.78, 5) is 16.5. The summed E-state index contributed by atoms with van der Waals surface area (Å²) < 4.78 is 13.8. The van der Waals surface area contributed by atoms with Gasteiger partial charge in [-0.1, -0.05) is 25.5 Å². The maximum Gasteiger partial charge on any atom is 0.256 e. The Morgan fingerprint density at radius 1 is 1.25 bits per heavy atom. The van der Waals surface area contributed by atoms with E-state index in [0.29, 0.717) is 19.0 Å².